The number of aryl methyl sites for hydroxylation is 2. The number of phenols is 1. The van der Waals surface area contributed by atoms with Gasteiger partial charge in [-0.3, -0.25) is 14.7 Å². The molecule has 1 atom stereocenters. The third-order valence-electron chi connectivity index (χ3n) is 6.11. The predicted octanol–water partition coefficient (Wildman–Crippen LogP) is 2.72. The van der Waals surface area contributed by atoms with Crippen molar-refractivity contribution < 1.29 is 14.7 Å². The fourth-order valence-electron chi connectivity index (χ4n) is 4.53. The van der Waals surface area contributed by atoms with E-state index in [1.54, 1.807) is 31.3 Å². The second-order valence-corrected chi connectivity index (χ2v) is 8.33. The molecule has 1 aromatic heterocycles. The van der Waals surface area contributed by atoms with Crippen LogP contribution in [0.4, 0.5) is 0 Å². The third kappa shape index (κ3) is 3.73. The molecule has 2 amide bonds. The number of phenolic OH excluding ortho intramolecular Hbond substituents is 1. The van der Waals surface area contributed by atoms with Gasteiger partial charge >= 0.3 is 0 Å². The first-order valence-electron chi connectivity index (χ1n) is 10.3. The average Bonchev–Trinajstić information content (AvgIpc) is 3.22. The van der Waals surface area contributed by atoms with Crippen LogP contribution in [0, 0.1) is 0 Å². The number of fused-ring (bicyclic) bond motifs is 1. The summed E-state index contributed by atoms with van der Waals surface area (Å²) in [5, 5.41) is 17.5. The number of aromatic nitrogens is 2. The summed E-state index contributed by atoms with van der Waals surface area (Å²) in [5.74, 6) is -0.137. The van der Waals surface area contributed by atoms with E-state index in [0.29, 0.717) is 24.2 Å². The zero-order valence-corrected chi connectivity index (χ0v) is 17.1. The Morgan fingerprint density at radius 1 is 1.14 bits per heavy atom. The smallest absolute Gasteiger partial charge is 0.257 e. The van der Waals surface area contributed by atoms with E-state index >= 15 is 0 Å². The van der Waals surface area contributed by atoms with Crippen molar-refractivity contribution >= 4 is 11.8 Å². The molecule has 2 heterocycles. The van der Waals surface area contributed by atoms with Gasteiger partial charge in [0.15, 0.2) is 0 Å². The maximum Gasteiger partial charge on any atom is 0.257 e. The van der Waals surface area contributed by atoms with Crippen molar-refractivity contribution in [1.29, 1.82) is 0 Å². The van der Waals surface area contributed by atoms with E-state index in [1.165, 1.54) is 10.5 Å². The molecule has 7 nitrogen and oxygen atoms in total. The largest absolute Gasteiger partial charge is 0.507 e. The Balaban J connectivity index is 1.56. The van der Waals surface area contributed by atoms with Crippen molar-refractivity contribution in [2.24, 2.45) is 0 Å². The first-order chi connectivity index (χ1) is 14.0. The number of carbonyl (C=O) groups is 2. The van der Waals surface area contributed by atoms with Crippen LogP contribution in [0.3, 0.4) is 0 Å². The van der Waals surface area contributed by atoms with Crippen molar-refractivity contribution in [3.05, 3.63) is 46.3 Å². The van der Waals surface area contributed by atoms with Gasteiger partial charge in [0.2, 0.25) is 0 Å². The van der Waals surface area contributed by atoms with Crippen molar-refractivity contribution in [2.75, 3.05) is 27.2 Å². The van der Waals surface area contributed by atoms with Crippen LogP contribution >= 0.6 is 0 Å². The Morgan fingerprint density at radius 2 is 1.86 bits per heavy atom. The Kier molecular flexibility index (Phi) is 5.30. The summed E-state index contributed by atoms with van der Waals surface area (Å²) >= 11 is 0. The normalized spacial score (nSPS) is 19.0. The lowest BCUT2D eigenvalue weighted by Crippen LogP contribution is -2.39. The fraction of sp³-hybridized carbons (Fsp3) is 0.500. The van der Waals surface area contributed by atoms with E-state index in [4.69, 9.17) is 0 Å². The molecule has 1 aliphatic heterocycles. The Morgan fingerprint density at radius 3 is 2.59 bits per heavy atom. The summed E-state index contributed by atoms with van der Waals surface area (Å²) in [4.78, 5) is 29.0. The summed E-state index contributed by atoms with van der Waals surface area (Å²) < 4.78 is 0. The fourth-order valence-corrected chi connectivity index (χ4v) is 4.53. The number of nitrogens with one attached hydrogen (secondary N) is 1. The van der Waals surface area contributed by atoms with Crippen LogP contribution in [0.2, 0.25) is 0 Å². The quantitative estimate of drug-likeness (QED) is 0.835. The summed E-state index contributed by atoms with van der Waals surface area (Å²) in [6, 6.07) is 3.65. The van der Waals surface area contributed by atoms with Crippen LogP contribution in [0.5, 0.6) is 5.75 Å². The molecule has 1 aromatic carbocycles. The zero-order valence-electron chi connectivity index (χ0n) is 17.1. The molecule has 2 N–H and O–H groups in total. The van der Waals surface area contributed by atoms with Crippen molar-refractivity contribution in [1.82, 2.24) is 20.0 Å². The van der Waals surface area contributed by atoms with Crippen LogP contribution in [-0.2, 0) is 12.8 Å². The van der Waals surface area contributed by atoms with Crippen molar-refractivity contribution in [3.63, 3.8) is 0 Å². The molecule has 7 heteroatoms. The SMILES string of the molecule is CN(C)C(=O)c1cn[nH]c1[C@@H]1CCCN(C(=O)c2cc3c(cc2O)CCCC3)C1. The number of carbonyl (C=O) groups excluding carboxylic acids is 2. The van der Waals surface area contributed by atoms with Crippen LogP contribution < -0.4 is 0 Å². The highest BCUT2D eigenvalue weighted by Crippen LogP contribution is 2.32. The molecule has 154 valence electrons. The number of amides is 2. The van der Waals surface area contributed by atoms with Gasteiger partial charge in [-0.15, -0.1) is 0 Å². The molecule has 1 fully saturated rings. The number of likely N-dealkylation sites (tertiary alicyclic amines) is 1. The number of aromatic amines is 1. The van der Waals surface area contributed by atoms with Gasteiger partial charge in [-0.05, 0) is 61.8 Å². The van der Waals surface area contributed by atoms with Gasteiger partial charge < -0.3 is 14.9 Å². The average molecular weight is 396 g/mol. The maximum absolute atomic E-state index is 13.2. The molecule has 2 aromatic rings. The van der Waals surface area contributed by atoms with Gasteiger partial charge in [-0.1, -0.05) is 0 Å². The molecule has 1 aliphatic carbocycles. The number of hydrogen-bond donors (Lipinski definition) is 2. The molecule has 0 saturated carbocycles. The van der Waals surface area contributed by atoms with Crippen LogP contribution in [0.15, 0.2) is 18.3 Å². The summed E-state index contributed by atoms with van der Waals surface area (Å²) in [5.41, 5.74) is 4.08. The minimum absolute atomic E-state index is 0.0221. The van der Waals surface area contributed by atoms with Crippen LogP contribution in [-0.4, -0.2) is 64.1 Å². The number of benzene rings is 1. The predicted molar refractivity (Wildman–Crippen MR) is 109 cm³/mol. The summed E-state index contributed by atoms with van der Waals surface area (Å²) in [7, 11) is 3.43. The first kappa shape index (κ1) is 19.5. The molecule has 4 rings (SSSR count). The highest BCUT2D eigenvalue weighted by Gasteiger charge is 2.31. The van der Waals surface area contributed by atoms with Gasteiger partial charge in [0.1, 0.15) is 5.75 Å². The summed E-state index contributed by atoms with van der Waals surface area (Å²) in [6.07, 6.45) is 7.47. The van der Waals surface area contributed by atoms with Gasteiger partial charge in [-0.2, -0.15) is 5.10 Å². The van der Waals surface area contributed by atoms with E-state index in [0.717, 1.165) is 49.8 Å². The van der Waals surface area contributed by atoms with Gasteiger partial charge in [0.25, 0.3) is 11.8 Å². The van der Waals surface area contributed by atoms with Gasteiger partial charge in [-0.25, -0.2) is 0 Å². The molecule has 0 bridgehead atoms. The third-order valence-corrected chi connectivity index (χ3v) is 6.11. The number of aromatic hydroxyl groups is 1. The molecule has 29 heavy (non-hydrogen) atoms. The Labute approximate surface area is 170 Å². The monoisotopic (exact) mass is 396 g/mol. The maximum atomic E-state index is 13.2. The van der Waals surface area contributed by atoms with E-state index < -0.39 is 0 Å². The molecule has 2 aliphatic rings. The topological polar surface area (TPSA) is 89.5 Å². The zero-order chi connectivity index (χ0) is 20.5. The van der Waals surface area contributed by atoms with Gasteiger partial charge in [0.05, 0.1) is 23.0 Å². The molecule has 1 saturated heterocycles. The first-order valence-corrected chi connectivity index (χ1v) is 10.3. The minimum atomic E-state index is -0.138. The van der Waals surface area contributed by atoms with Crippen LogP contribution in [0.1, 0.15) is 69.1 Å². The summed E-state index contributed by atoms with van der Waals surface area (Å²) in [6.45, 7) is 1.15. The number of hydrogen-bond acceptors (Lipinski definition) is 4. The molecular formula is C22H28N4O3. The second-order valence-electron chi connectivity index (χ2n) is 8.33. The lowest BCUT2D eigenvalue weighted by Gasteiger charge is -2.33. The van der Waals surface area contributed by atoms with Crippen molar-refractivity contribution in [3.8, 4) is 5.75 Å². The van der Waals surface area contributed by atoms with E-state index in [9.17, 15) is 14.7 Å². The Bertz CT molecular complexity index is 934. The number of H-pyrrole nitrogens is 1. The molecule has 0 unspecified atom stereocenters. The van der Waals surface area contributed by atoms with E-state index in [1.807, 2.05) is 6.07 Å². The number of rotatable bonds is 3. The molecule has 0 spiro atoms. The highest BCUT2D eigenvalue weighted by molar-refractivity contribution is 5.97. The number of piperidine rings is 1. The second kappa shape index (κ2) is 7.89. The standard InChI is InChI=1S/C22H28N4O3/c1-25(2)21(28)18-12-23-24-20(18)16-8-5-9-26(13-16)22(29)17-10-14-6-3-4-7-15(14)11-19(17)27/h10-12,16,27H,3-9,13H2,1-2H3,(H,23,24)/t16-/m1/s1. The van der Waals surface area contributed by atoms with E-state index in [-0.39, 0.29) is 23.5 Å². The van der Waals surface area contributed by atoms with Gasteiger partial charge in [0, 0.05) is 33.1 Å². The molecular weight excluding hydrogens is 368 g/mol. The minimum Gasteiger partial charge on any atom is -0.507 e. The number of nitrogens with zero attached hydrogens (tertiary/aromatic N) is 3. The highest BCUT2D eigenvalue weighted by atomic mass is 16.3. The van der Waals surface area contributed by atoms with Crippen LogP contribution in [0.25, 0.3) is 0 Å². The lowest BCUT2D eigenvalue weighted by molar-refractivity contribution is 0.0702. The van der Waals surface area contributed by atoms with E-state index in [2.05, 4.69) is 10.2 Å². The molecule has 0 radical (unpaired) electrons. The lowest BCUT2D eigenvalue weighted by atomic mass is 9.89. The Hall–Kier alpha value is -2.83. The van der Waals surface area contributed by atoms with Crippen molar-refractivity contribution in [2.45, 2.75) is 44.4 Å².